The van der Waals surface area contributed by atoms with Crippen LogP contribution in [0.2, 0.25) is 0 Å². The van der Waals surface area contributed by atoms with Crippen LogP contribution in [0.3, 0.4) is 0 Å². The lowest BCUT2D eigenvalue weighted by Crippen LogP contribution is -2.31. The normalized spacial score (nSPS) is 13.3. The van der Waals surface area contributed by atoms with Crippen LogP contribution in [0.25, 0.3) is 11.3 Å². The predicted octanol–water partition coefficient (Wildman–Crippen LogP) is 4.59. The summed E-state index contributed by atoms with van der Waals surface area (Å²) in [6.45, 7) is 0.714. The summed E-state index contributed by atoms with van der Waals surface area (Å²) in [5.74, 6) is -0.716. The van der Waals surface area contributed by atoms with E-state index < -0.39 is 11.6 Å². The van der Waals surface area contributed by atoms with E-state index in [9.17, 15) is 13.6 Å². The third-order valence-corrected chi connectivity index (χ3v) is 5.41. The Balaban J connectivity index is 1.38. The maximum Gasteiger partial charge on any atom is 0.258 e. The molecule has 7 nitrogen and oxygen atoms in total. The Kier molecular flexibility index (Phi) is 5.67. The van der Waals surface area contributed by atoms with Crippen molar-refractivity contribution in [3.63, 3.8) is 0 Å². The number of carbonyl (C=O) groups is 1. The first-order chi connectivity index (χ1) is 16.5. The van der Waals surface area contributed by atoms with E-state index in [2.05, 4.69) is 10.1 Å². The van der Waals surface area contributed by atoms with Crippen molar-refractivity contribution in [2.45, 2.75) is 6.54 Å². The largest absolute Gasteiger partial charge is 0.491 e. The van der Waals surface area contributed by atoms with Gasteiger partial charge in [0.1, 0.15) is 23.9 Å². The van der Waals surface area contributed by atoms with E-state index in [-0.39, 0.29) is 19.1 Å². The number of aromatic nitrogens is 3. The first kappa shape index (κ1) is 21.6. The van der Waals surface area contributed by atoms with E-state index in [1.54, 1.807) is 47.4 Å². The van der Waals surface area contributed by atoms with Gasteiger partial charge in [0.15, 0.2) is 11.6 Å². The van der Waals surface area contributed by atoms with Crippen molar-refractivity contribution in [2.24, 2.45) is 7.05 Å². The lowest BCUT2D eigenvalue weighted by atomic mass is 10.1. The highest BCUT2D eigenvalue weighted by atomic mass is 19.2. The minimum absolute atomic E-state index is 0.128. The lowest BCUT2D eigenvalue weighted by Gasteiger charge is -2.20. The highest BCUT2D eigenvalue weighted by Crippen LogP contribution is 2.31. The van der Waals surface area contributed by atoms with Gasteiger partial charge in [0.05, 0.1) is 24.0 Å². The number of ether oxygens (including phenoxy) is 2. The molecule has 0 atom stereocenters. The van der Waals surface area contributed by atoms with Crippen molar-refractivity contribution >= 4 is 5.91 Å². The van der Waals surface area contributed by atoms with Crippen LogP contribution in [0.15, 0.2) is 67.1 Å². The highest BCUT2D eigenvalue weighted by Gasteiger charge is 2.25. The van der Waals surface area contributed by atoms with Crippen LogP contribution in [0.1, 0.15) is 15.9 Å². The smallest absolute Gasteiger partial charge is 0.258 e. The van der Waals surface area contributed by atoms with E-state index >= 15 is 0 Å². The first-order valence-electron chi connectivity index (χ1n) is 10.6. The van der Waals surface area contributed by atoms with E-state index in [4.69, 9.17) is 9.47 Å². The molecule has 3 heterocycles. The number of benzene rings is 2. The Labute approximate surface area is 194 Å². The first-order valence-corrected chi connectivity index (χ1v) is 10.6. The van der Waals surface area contributed by atoms with Crippen LogP contribution < -0.4 is 9.47 Å². The Morgan fingerprint density at radius 2 is 1.91 bits per heavy atom. The van der Waals surface area contributed by atoms with Crippen molar-refractivity contribution < 1.29 is 23.0 Å². The third-order valence-electron chi connectivity index (χ3n) is 5.41. The van der Waals surface area contributed by atoms with Gasteiger partial charge in [-0.25, -0.2) is 8.78 Å². The average Bonchev–Trinajstić information content (AvgIpc) is 3.21. The number of pyridine rings is 1. The Bertz CT molecular complexity index is 1370. The van der Waals surface area contributed by atoms with Crippen LogP contribution in [-0.2, 0) is 13.6 Å². The Morgan fingerprint density at radius 3 is 2.71 bits per heavy atom. The standard InChI is InChI=1S/C25H20F2N4O3/c1-30-15-17(13-29-30)23-12-19(6-7-28-23)34-18-3-5-24-20(11-18)25(32)31(8-9-33-24)14-16-2-4-21(26)22(27)10-16/h2-7,10-13,15H,8-9,14H2,1H3. The number of aryl methyl sites for hydroxylation is 1. The molecule has 0 spiro atoms. The van der Waals surface area contributed by atoms with E-state index in [1.165, 1.54) is 11.0 Å². The minimum atomic E-state index is -0.949. The van der Waals surface area contributed by atoms with Gasteiger partial charge in [0.2, 0.25) is 0 Å². The Hall–Kier alpha value is -4.27. The number of amides is 1. The second-order valence-corrected chi connectivity index (χ2v) is 7.86. The SMILES string of the molecule is Cn1cc(-c2cc(Oc3ccc4c(c3)C(=O)N(Cc3ccc(F)c(F)c3)CCO4)ccn2)cn1. The maximum atomic E-state index is 13.6. The fraction of sp³-hybridized carbons (Fsp3) is 0.160. The number of hydrogen-bond acceptors (Lipinski definition) is 5. The molecule has 0 saturated heterocycles. The molecule has 0 bridgehead atoms. The van der Waals surface area contributed by atoms with Crippen molar-refractivity contribution in [3.05, 3.63) is 89.9 Å². The molecule has 5 rings (SSSR count). The van der Waals surface area contributed by atoms with Gasteiger partial charge in [-0.1, -0.05) is 6.07 Å². The van der Waals surface area contributed by atoms with Gasteiger partial charge in [0.25, 0.3) is 5.91 Å². The molecular formula is C25H20F2N4O3. The lowest BCUT2D eigenvalue weighted by molar-refractivity contribution is 0.0742. The molecule has 1 aliphatic rings. The van der Waals surface area contributed by atoms with E-state index in [0.29, 0.717) is 40.6 Å². The molecule has 4 aromatic rings. The van der Waals surface area contributed by atoms with E-state index in [0.717, 1.165) is 17.7 Å². The summed E-state index contributed by atoms with van der Waals surface area (Å²) < 4.78 is 40.3. The molecule has 0 saturated carbocycles. The van der Waals surface area contributed by atoms with Gasteiger partial charge < -0.3 is 14.4 Å². The maximum absolute atomic E-state index is 13.6. The zero-order valence-corrected chi connectivity index (χ0v) is 18.2. The summed E-state index contributed by atoms with van der Waals surface area (Å²) in [6, 6.07) is 12.1. The van der Waals surface area contributed by atoms with Gasteiger partial charge in [-0.2, -0.15) is 5.10 Å². The molecule has 0 unspecified atom stereocenters. The topological polar surface area (TPSA) is 69.5 Å². The van der Waals surface area contributed by atoms with Crippen molar-refractivity contribution in [1.29, 1.82) is 0 Å². The van der Waals surface area contributed by atoms with Crippen molar-refractivity contribution in [1.82, 2.24) is 19.7 Å². The summed E-state index contributed by atoms with van der Waals surface area (Å²) in [5, 5.41) is 4.16. The third kappa shape index (κ3) is 4.45. The van der Waals surface area contributed by atoms with Crippen LogP contribution in [-0.4, -0.2) is 38.7 Å². The molecule has 1 aliphatic heterocycles. The minimum Gasteiger partial charge on any atom is -0.491 e. The zero-order valence-electron chi connectivity index (χ0n) is 18.2. The highest BCUT2D eigenvalue weighted by molar-refractivity contribution is 5.97. The van der Waals surface area contributed by atoms with Gasteiger partial charge in [-0.3, -0.25) is 14.5 Å². The van der Waals surface area contributed by atoms with Gasteiger partial charge >= 0.3 is 0 Å². The monoisotopic (exact) mass is 462 g/mol. The molecule has 2 aromatic heterocycles. The van der Waals surface area contributed by atoms with Gasteiger partial charge in [0, 0.05) is 37.6 Å². The number of nitrogens with zero attached hydrogens (tertiary/aromatic N) is 4. The summed E-state index contributed by atoms with van der Waals surface area (Å²) in [4.78, 5) is 19.1. The second kappa shape index (κ2) is 8.93. The van der Waals surface area contributed by atoms with Crippen LogP contribution in [0.4, 0.5) is 8.78 Å². The predicted molar refractivity (Wildman–Crippen MR) is 120 cm³/mol. The number of rotatable bonds is 5. The van der Waals surface area contributed by atoms with Gasteiger partial charge in [-0.05, 0) is 42.0 Å². The van der Waals surface area contributed by atoms with E-state index in [1.807, 2.05) is 13.2 Å². The molecule has 0 N–H and O–H groups in total. The second-order valence-electron chi connectivity index (χ2n) is 7.86. The molecule has 0 radical (unpaired) electrons. The van der Waals surface area contributed by atoms with Crippen molar-refractivity contribution in [3.8, 4) is 28.5 Å². The molecule has 0 aliphatic carbocycles. The zero-order chi connectivity index (χ0) is 23.7. The summed E-state index contributed by atoms with van der Waals surface area (Å²) >= 11 is 0. The molecular weight excluding hydrogens is 442 g/mol. The average molecular weight is 462 g/mol. The van der Waals surface area contributed by atoms with Crippen LogP contribution in [0.5, 0.6) is 17.2 Å². The molecule has 172 valence electrons. The number of carbonyl (C=O) groups excluding carboxylic acids is 1. The molecule has 1 amide bonds. The quantitative estimate of drug-likeness (QED) is 0.434. The fourth-order valence-electron chi connectivity index (χ4n) is 3.73. The molecule has 34 heavy (non-hydrogen) atoms. The summed E-state index contributed by atoms with van der Waals surface area (Å²) in [5.41, 5.74) is 2.38. The van der Waals surface area contributed by atoms with Crippen LogP contribution in [0, 0.1) is 11.6 Å². The fourth-order valence-corrected chi connectivity index (χ4v) is 3.73. The number of fused-ring (bicyclic) bond motifs is 1. The molecule has 2 aromatic carbocycles. The summed E-state index contributed by atoms with van der Waals surface area (Å²) in [7, 11) is 1.83. The van der Waals surface area contributed by atoms with Crippen LogP contribution >= 0.6 is 0 Å². The van der Waals surface area contributed by atoms with Gasteiger partial charge in [-0.15, -0.1) is 0 Å². The summed E-state index contributed by atoms with van der Waals surface area (Å²) in [6.07, 6.45) is 5.21. The molecule has 9 heteroatoms. The van der Waals surface area contributed by atoms with Crippen molar-refractivity contribution in [2.75, 3.05) is 13.2 Å². The number of hydrogen-bond donors (Lipinski definition) is 0. The Morgan fingerprint density at radius 1 is 1.06 bits per heavy atom. The number of halogens is 2. The molecule has 0 fully saturated rings.